The minimum atomic E-state index is -0.507. The van der Waals surface area contributed by atoms with Crippen LogP contribution in [0.1, 0.15) is 29.3 Å². The van der Waals surface area contributed by atoms with Crippen molar-refractivity contribution in [2.45, 2.75) is 25.9 Å². The minimum Gasteiger partial charge on any atom is -0.387 e. The average Bonchev–Trinajstić information content (AvgIpc) is 2.92. The van der Waals surface area contributed by atoms with Crippen molar-refractivity contribution in [2.75, 3.05) is 0 Å². The molecule has 0 bridgehead atoms. The zero-order chi connectivity index (χ0) is 12.4. The van der Waals surface area contributed by atoms with Crippen LogP contribution in [0.4, 0.5) is 0 Å². The Bertz CT molecular complexity index is 493. The molecule has 5 heteroatoms. The maximum absolute atomic E-state index is 10.1. The lowest BCUT2D eigenvalue weighted by Crippen LogP contribution is -2.05. The fourth-order valence-corrected chi connectivity index (χ4v) is 2.89. The van der Waals surface area contributed by atoms with Gasteiger partial charge < -0.3 is 5.11 Å². The third-order valence-electron chi connectivity index (χ3n) is 2.76. The van der Waals surface area contributed by atoms with Gasteiger partial charge in [0.05, 0.1) is 22.5 Å². The molecule has 0 saturated heterocycles. The van der Waals surface area contributed by atoms with Crippen LogP contribution in [0.25, 0.3) is 0 Å². The van der Waals surface area contributed by atoms with Crippen LogP contribution in [0.2, 0.25) is 5.02 Å². The Balaban J connectivity index is 2.21. The number of aromatic nitrogens is 2. The Kier molecular flexibility index (Phi) is 3.86. The van der Waals surface area contributed by atoms with E-state index >= 15 is 0 Å². The molecule has 1 atom stereocenters. The Morgan fingerprint density at radius 3 is 2.88 bits per heavy atom. The summed E-state index contributed by atoms with van der Waals surface area (Å²) in [4.78, 5) is 0.959. The van der Waals surface area contributed by atoms with Gasteiger partial charge in [-0.3, -0.25) is 4.68 Å². The molecule has 2 aromatic heterocycles. The van der Waals surface area contributed by atoms with E-state index in [1.54, 1.807) is 16.0 Å². The molecule has 0 radical (unpaired) electrons. The van der Waals surface area contributed by atoms with E-state index in [4.69, 9.17) is 11.6 Å². The summed E-state index contributed by atoms with van der Waals surface area (Å²) in [5.74, 6) is 0. The standard InChI is InChI=1S/C12H15ClN2OS/c1-3-8-12(13)9(15(2)14-8)7-10(16)11-5-4-6-17-11/h4-6,10,16H,3,7H2,1-2H3. The van der Waals surface area contributed by atoms with Crippen molar-refractivity contribution in [3.8, 4) is 0 Å². The van der Waals surface area contributed by atoms with Crippen LogP contribution >= 0.6 is 22.9 Å². The van der Waals surface area contributed by atoms with Gasteiger partial charge in [-0.1, -0.05) is 24.6 Å². The summed E-state index contributed by atoms with van der Waals surface area (Å²) in [5.41, 5.74) is 1.78. The maximum atomic E-state index is 10.1. The van der Waals surface area contributed by atoms with Gasteiger partial charge in [0, 0.05) is 18.3 Å². The van der Waals surface area contributed by atoms with E-state index in [0.717, 1.165) is 22.7 Å². The van der Waals surface area contributed by atoms with Crippen LogP contribution in [0, 0.1) is 0 Å². The second-order valence-corrected chi connectivity index (χ2v) is 5.28. The van der Waals surface area contributed by atoms with Gasteiger partial charge in [0.15, 0.2) is 0 Å². The van der Waals surface area contributed by atoms with Crippen LogP contribution in [0.15, 0.2) is 17.5 Å². The minimum absolute atomic E-state index is 0.503. The molecule has 2 rings (SSSR count). The van der Waals surface area contributed by atoms with Gasteiger partial charge in [-0.25, -0.2) is 0 Å². The molecule has 0 saturated carbocycles. The molecule has 0 fully saturated rings. The second kappa shape index (κ2) is 5.21. The van der Waals surface area contributed by atoms with Crippen molar-refractivity contribution >= 4 is 22.9 Å². The number of nitrogens with zero attached hydrogens (tertiary/aromatic N) is 2. The van der Waals surface area contributed by atoms with Gasteiger partial charge in [-0.05, 0) is 17.9 Å². The first kappa shape index (κ1) is 12.6. The lowest BCUT2D eigenvalue weighted by atomic mass is 10.1. The predicted octanol–water partition coefficient (Wildman–Crippen LogP) is 2.97. The summed E-state index contributed by atoms with van der Waals surface area (Å²) < 4.78 is 1.76. The molecular formula is C12H15ClN2OS. The van der Waals surface area contributed by atoms with Gasteiger partial charge in [-0.15, -0.1) is 11.3 Å². The highest BCUT2D eigenvalue weighted by Crippen LogP contribution is 2.27. The Morgan fingerprint density at radius 1 is 1.59 bits per heavy atom. The van der Waals surface area contributed by atoms with E-state index < -0.39 is 6.10 Å². The summed E-state index contributed by atoms with van der Waals surface area (Å²) in [6, 6.07) is 3.87. The van der Waals surface area contributed by atoms with Crippen molar-refractivity contribution in [1.29, 1.82) is 0 Å². The fourth-order valence-electron chi connectivity index (χ4n) is 1.81. The average molecular weight is 271 g/mol. The monoisotopic (exact) mass is 270 g/mol. The van der Waals surface area contributed by atoms with Crippen molar-refractivity contribution < 1.29 is 5.11 Å². The van der Waals surface area contributed by atoms with Crippen molar-refractivity contribution in [2.24, 2.45) is 7.05 Å². The van der Waals surface area contributed by atoms with Gasteiger partial charge in [-0.2, -0.15) is 5.10 Å². The van der Waals surface area contributed by atoms with Crippen LogP contribution in [-0.2, 0) is 19.9 Å². The lowest BCUT2D eigenvalue weighted by molar-refractivity contribution is 0.179. The SMILES string of the molecule is CCc1nn(C)c(CC(O)c2cccs2)c1Cl. The second-order valence-electron chi connectivity index (χ2n) is 3.92. The molecule has 0 aliphatic rings. The molecule has 17 heavy (non-hydrogen) atoms. The normalized spacial score (nSPS) is 12.9. The number of thiophene rings is 1. The Hall–Kier alpha value is -0.840. The summed E-state index contributed by atoms with van der Waals surface area (Å²) in [7, 11) is 1.86. The summed E-state index contributed by atoms with van der Waals surface area (Å²) in [5, 5.41) is 17.1. The first-order chi connectivity index (χ1) is 8.13. The molecule has 0 aromatic carbocycles. The third-order valence-corrected chi connectivity index (χ3v) is 4.17. The molecule has 0 amide bonds. The van der Waals surface area contributed by atoms with E-state index in [0.29, 0.717) is 11.4 Å². The topological polar surface area (TPSA) is 38.0 Å². The largest absolute Gasteiger partial charge is 0.387 e. The summed E-state index contributed by atoms with van der Waals surface area (Å²) in [6.45, 7) is 2.02. The van der Waals surface area contributed by atoms with Gasteiger partial charge >= 0.3 is 0 Å². The number of hydrogen-bond acceptors (Lipinski definition) is 3. The highest BCUT2D eigenvalue weighted by atomic mass is 35.5. The molecular weight excluding hydrogens is 256 g/mol. The number of aliphatic hydroxyl groups is 1. The van der Waals surface area contributed by atoms with Gasteiger partial charge in [0.25, 0.3) is 0 Å². The van der Waals surface area contributed by atoms with Gasteiger partial charge in [0.1, 0.15) is 0 Å². The third kappa shape index (κ3) is 2.54. The molecule has 3 nitrogen and oxygen atoms in total. The summed E-state index contributed by atoms with van der Waals surface area (Å²) in [6.07, 6.45) is 0.803. The molecule has 0 spiro atoms. The number of aryl methyl sites for hydroxylation is 2. The first-order valence-electron chi connectivity index (χ1n) is 5.55. The maximum Gasteiger partial charge on any atom is 0.0937 e. The Morgan fingerprint density at radius 2 is 2.35 bits per heavy atom. The molecule has 0 aliphatic heterocycles. The van der Waals surface area contributed by atoms with Crippen molar-refractivity contribution in [3.05, 3.63) is 38.8 Å². The van der Waals surface area contributed by atoms with Crippen LogP contribution in [0.5, 0.6) is 0 Å². The number of aliphatic hydroxyl groups excluding tert-OH is 1. The predicted molar refractivity (Wildman–Crippen MR) is 70.6 cm³/mol. The van der Waals surface area contributed by atoms with E-state index in [9.17, 15) is 5.11 Å². The fraction of sp³-hybridized carbons (Fsp3) is 0.417. The number of hydrogen-bond donors (Lipinski definition) is 1. The molecule has 92 valence electrons. The lowest BCUT2D eigenvalue weighted by Gasteiger charge is -2.09. The van der Waals surface area contributed by atoms with Crippen molar-refractivity contribution in [3.63, 3.8) is 0 Å². The molecule has 2 aromatic rings. The highest BCUT2D eigenvalue weighted by Gasteiger charge is 2.18. The van der Waals surface area contributed by atoms with Crippen molar-refractivity contribution in [1.82, 2.24) is 9.78 Å². The molecule has 1 N–H and O–H groups in total. The van der Waals surface area contributed by atoms with E-state index in [-0.39, 0.29) is 0 Å². The smallest absolute Gasteiger partial charge is 0.0937 e. The van der Waals surface area contributed by atoms with E-state index in [1.807, 2.05) is 31.5 Å². The summed E-state index contributed by atoms with van der Waals surface area (Å²) >= 11 is 7.80. The molecule has 1 unspecified atom stereocenters. The number of rotatable bonds is 4. The molecule has 0 aliphatic carbocycles. The van der Waals surface area contributed by atoms with Crippen LogP contribution < -0.4 is 0 Å². The zero-order valence-corrected chi connectivity index (χ0v) is 11.4. The molecule has 2 heterocycles. The Labute approximate surface area is 110 Å². The first-order valence-corrected chi connectivity index (χ1v) is 6.81. The van der Waals surface area contributed by atoms with E-state index in [2.05, 4.69) is 5.10 Å². The van der Waals surface area contributed by atoms with Gasteiger partial charge in [0.2, 0.25) is 0 Å². The van der Waals surface area contributed by atoms with Crippen LogP contribution in [-0.4, -0.2) is 14.9 Å². The quantitative estimate of drug-likeness (QED) is 0.928. The zero-order valence-electron chi connectivity index (χ0n) is 9.85. The van der Waals surface area contributed by atoms with E-state index in [1.165, 1.54) is 0 Å². The van der Waals surface area contributed by atoms with Crippen LogP contribution in [0.3, 0.4) is 0 Å². The number of halogens is 1. The highest BCUT2D eigenvalue weighted by molar-refractivity contribution is 7.10.